The first-order valence-electron chi connectivity index (χ1n) is 10.8. The molecule has 1 spiro atoms. The number of likely N-dealkylation sites (tertiary alicyclic amines) is 1. The van der Waals surface area contributed by atoms with Crippen LogP contribution < -0.4 is 4.74 Å². The molecule has 2 aromatic carbocycles. The summed E-state index contributed by atoms with van der Waals surface area (Å²) in [6.07, 6.45) is 0.950. The first-order chi connectivity index (χ1) is 15.4. The molecule has 170 valence electrons. The summed E-state index contributed by atoms with van der Waals surface area (Å²) in [6, 6.07) is 10.6. The lowest BCUT2D eigenvalue weighted by Gasteiger charge is -2.42. The summed E-state index contributed by atoms with van der Waals surface area (Å²) in [5, 5.41) is 0. The quantitative estimate of drug-likeness (QED) is 0.638. The summed E-state index contributed by atoms with van der Waals surface area (Å²) in [5.41, 5.74) is 0.370. The van der Waals surface area contributed by atoms with Gasteiger partial charge in [-0.2, -0.15) is 0 Å². The lowest BCUT2D eigenvalue weighted by molar-refractivity contribution is -0.136. The van der Waals surface area contributed by atoms with Crippen molar-refractivity contribution in [3.63, 3.8) is 0 Å². The van der Waals surface area contributed by atoms with Crippen molar-refractivity contribution in [3.05, 3.63) is 65.2 Å². The van der Waals surface area contributed by atoms with Gasteiger partial charge in [-0.05, 0) is 43.5 Å². The molecule has 0 saturated carbocycles. The molecule has 2 heterocycles. The highest BCUT2D eigenvalue weighted by Crippen LogP contribution is 2.38. The first-order valence-corrected chi connectivity index (χ1v) is 10.8. The summed E-state index contributed by atoms with van der Waals surface area (Å²) in [5.74, 6) is -0.685. The van der Waals surface area contributed by atoms with Gasteiger partial charge in [-0.3, -0.25) is 14.6 Å². The number of hydrogen-bond donors (Lipinski definition) is 0. The van der Waals surface area contributed by atoms with Gasteiger partial charge in [0.2, 0.25) is 0 Å². The molecule has 32 heavy (non-hydrogen) atoms. The predicted octanol–water partition coefficient (Wildman–Crippen LogP) is 3.79. The van der Waals surface area contributed by atoms with Gasteiger partial charge in [0.05, 0.1) is 13.7 Å². The Morgan fingerprint density at radius 3 is 2.44 bits per heavy atom. The minimum Gasteiger partial charge on any atom is -0.497 e. The zero-order valence-electron chi connectivity index (χ0n) is 18.3. The van der Waals surface area contributed by atoms with Crippen LogP contribution in [-0.4, -0.2) is 58.9 Å². The Hall–Kier alpha value is -3.00. The Morgan fingerprint density at radius 1 is 1.03 bits per heavy atom. The van der Waals surface area contributed by atoms with Gasteiger partial charge < -0.3 is 9.64 Å². The standard InChI is InChI=1S/C24H27F2N3O3/c1-3-29-23(31)28(15-17-5-4-6-20(13-17)32-2)22(30)24(29)9-11-27(12-10-24)16-18-7-8-19(25)14-21(18)26/h4-8,13-14H,3,9-12,15-16H2,1-2H3. The van der Waals surface area contributed by atoms with E-state index in [1.54, 1.807) is 12.0 Å². The highest BCUT2D eigenvalue weighted by Gasteiger charge is 2.57. The number of urea groups is 1. The fourth-order valence-electron chi connectivity index (χ4n) is 4.77. The molecule has 0 unspecified atom stereocenters. The zero-order valence-corrected chi connectivity index (χ0v) is 18.3. The van der Waals surface area contributed by atoms with Gasteiger partial charge in [-0.25, -0.2) is 13.6 Å². The summed E-state index contributed by atoms with van der Waals surface area (Å²) in [6.45, 7) is 3.92. The number of imide groups is 1. The van der Waals surface area contributed by atoms with Gasteiger partial charge in [0.15, 0.2) is 0 Å². The van der Waals surface area contributed by atoms with Crippen LogP contribution >= 0.6 is 0 Å². The van der Waals surface area contributed by atoms with Crippen LogP contribution in [0.3, 0.4) is 0 Å². The molecule has 6 nitrogen and oxygen atoms in total. The molecule has 2 aliphatic rings. The third-order valence-corrected chi connectivity index (χ3v) is 6.51. The molecule has 0 radical (unpaired) electrons. The van der Waals surface area contributed by atoms with E-state index < -0.39 is 17.2 Å². The van der Waals surface area contributed by atoms with Gasteiger partial charge >= 0.3 is 6.03 Å². The predicted molar refractivity (Wildman–Crippen MR) is 115 cm³/mol. The van der Waals surface area contributed by atoms with E-state index in [2.05, 4.69) is 0 Å². The Labute approximate surface area is 186 Å². The van der Waals surface area contributed by atoms with E-state index in [1.165, 1.54) is 17.0 Å². The van der Waals surface area contributed by atoms with Crippen molar-refractivity contribution in [1.82, 2.24) is 14.7 Å². The van der Waals surface area contributed by atoms with E-state index in [1.807, 2.05) is 36.1 Å². The number of carbonyl (C=O) groups excluding carboxylic acids is 2. The summed E-state index contributed by atoms with van der Waals surface area (Å²) >= 11 is 0. The molecule has 2 aliphatic heterocycles. The van der Waals surface area contributed by atoms with E-state index in [9.17, 15) is 18.4 Å². The van der Waals surface area contributed by atoms with Crippen molar-refractivity contribution in [3.8, 4) is 5.75 Å². The molecule has 4 rings (SSSR count). The third-order valence-electron chi connectivity index (χ3n) is 6.51. The SMILES string of the molecule is CCN1C(=O)N(Cc2cccc(OC)c2)C(=O)C12CCN(Cc1ccc(F)cc1F)CC2. The van der Waals surface area contributed by atoms with Crippen LogP contribution in [0.4, 0.5) is 13.6 Å². The average molecular weight is 443 g/mol. The summed E-state index contributed by atoms with van der Waals surface area (Å²) in [7, 11) is 1.57. The monoisotopic (exact) mass is 443 g/mol. The molecule has 2 aromatic rings. The molecule has 0 bridgehead atoms. The van der Waals surface area contributed by atoms with Gasteiger partial charge in [-0.1, -0.05) is 18.2 Å². The number of carbonyl (C=O) groups is 2. The number of piperidine rings is 1. The van der Waals surface area contributed by atoms with Crippen molar-refractivity contribution in [1.29, 1.82) is 0 Å². The minimum atomic E-state index is -0.872. The lowest BCUT2D eigenvalue weighted by Crippen LogP contribution is -2.56. The summed E-state index contributed by atoms with van der Waals surface area (Å²) < 4.78 is 32.5. The molecule has 0 aliphatic carbocycles. The maximum absolute atomic E-state index is 14.1. The second-order valence-corrected chi connectivity index (χ2v) is 8.31. The minimum absolute atomic E-state index is 0.181. The van der Waals surface area contributed by atoms with Crippen LogP contribution in [0.5, 0.6) is 5.75 Å². The van der Waals surface area contributed by atoms with Crippen molar-refractivity contribution in [2.45, 2.75) is 38.4 Å². The van der Waals surface area contributed by atoms with Crippen LogP contribution in [0.2, 0.25) is 0 Å². The van der Waals surface area contributed by atoms with Crippen molar-refractivity contribution in [2.75, 3.05) is 26.7 Å². The van der Waals surface area contributed by atoms with Crippen molar-refractivity contribution >= 4 is 11.9 Å². The molecule has 2 saturated heterocycles. The fraction of sp³-hybridized carbons (Fsp3) is 0.417. The van der Waals surface area contributed by atoms with Gasteiger partial charge in [0, 0.05) is 37.8 Å². The molecule has 2 fully saturated rings. The van der Waals surface area contributed by atoms with Crippen LogP contribution in [-0.2, 0) is 17.9 Å². The Morgan fingerprint density at radius 2 is 1.78 bits per heavy atom. The number of nitrogens with zero attached hydrogens (tertiary/aromatic N) is 3. The molecule has 8 heteroatoms. The second-order valence-electron chi connectivity index (χ2n) is 8.31. The average Bonchev–Trinajstić information content (AvgIpc) is 2.98. The van der Waals surface area contributed by atoms with E-state index in [0.717, 1.165) is 11.6 Å². The molecule has 3 amide bonds. The van der Waals surface area contributed by atoms with E-state index in [0.29, 0.717) is 50.3 Å². The lowest BCUT2D eigenvalue weighted by atomic mass is 9.85. The van der Waals surface area contributed by atoms with Crippen LogP contribution in [0.25, 0.3) is 0 Å². The molecule has 0 N–H and O–H groups in total. The van der Waals surface area contributed by atoms with Gasteiger partial charge in [-0.15, -0.1) is 0 Å². The van der Waals surface area contributed by atoms with E-state index >= 15 is 0 Å². The first kappa shape index (κ1) is 22.2. The Kier molecular flexibility index (Phi) is 6.15. The number of likely N-dealkylation sites (N-methyl/N-ethyl adjacent to an activating group) is 1. The van der Waals surface area contributed by atoms with Crippen LogP contribution in [0.15, 0.2) is 42.5 Å². The normalized spacial score (nSPS) is 18.6. The highest BCUT2D eigenvalue weighted by atomic mass is 19.1. The number of amides is 3. The van der Waals surface area contributed by atoms with E-state index in [4.69, 9.17) is 4.74 Å². The second kappa shape index (κ2) is 8.86. The van der Waals surface area contributed by atoms with Gasteiger partial charge in [0.1, 0.15) is 22.9 Å². The summed E-state index contributed by atoms with van der Waals surface area (Å²) in [4.78, 5) is 31.7. The smallest absolute Gasteiger partial charge is 0.327 e. The number of benzene rings is 2. The largest absolute Gasteiger partial charge is 0.497 e. The van der Waals surface area contributed by atoms with E-state index in [-0.39, 0.29) is 18.5 Å². The maximum atomic E-state index is 14.1. The third kappa shape index (κ3) is 3.95. The molecular formula is C24H27F2N3O3. The van der Waals surface area contributed by atoms with Crippen molar-refractivity contribution in [2.24, 2.45) is 0 Å². The number of halogens is 2. The topological polar surface area (TPSA) is 53.1 Å². The maximum Gasteiger partial charge on any atom is 0.327 e. The van der Waals surface area contributed by atoms with Crippen molar-refractivity contribution < 1.29 is 23.1 Å². The van der Waals surface area contributed by atoms with Crippen LogP contribution in [0.1, 0.15) is 30.9 Å². The molecule has 0 atom stereocenters. The van der Waals surface area contributed by atoms with Crippen LogP contribution in [0, 0.1) is 11.6 Å². The zero-order chi connectivity index (χ0) is 22.9. The van der Waals surface area contributed by atoms with Gasteiger partial charge in [0.25, 0.3) is 5.91 Å². The molecular weight excluding hydrogens is 416 g/mol. The Bertz CT molecular complexity index is 1020. The number of methoxy groups -OCH3 is 1. The molecule has 0 aromatic heterocycles. The highest BCUT2D eigenvalue weighted by molar-refractivity contribution is 6.07. The number of rotatable bonds is 6. The number of ether oxygens (including phenoxy) is 1. The Balaban J connectivity index is 1.48. The fourth-order valence-corrected chi connectivity index (χ4v) is 4.77. The number of hydrogen-bond acceptors (Lipinski definition) is 4.